The molecule has 0 saturated carbocycles. The molecule has 1 N–H and O–H groups in total. The van der Waals surface area contributed by atoms with Crippen LogP contribution in [0, 0.1) is 13.8 Å². The molecule has 0 saturated heterocycles. The van der Waals surface area contributed by atoms with Gasteiger partial charge in [-0.15, -0.1) is 0 Å². The van der Waals surface area contributed by atoms with Gasteiger partial charge in [0.2, 0.25) is 0 Å². The highest BCUT2D eigenvalue weighted by Gasteiger charge is 2.12. The van der Waals surface area contributed by atoms with Crippen molar-refractivity contribution < 1.29 is 4.74 Å². The summed E-state index contributed by atoms with van der Waals surface area (Å²) in [6.07, 6.45) is 0. The van der Waals surface area contributed by atoms with Crippen molar-refractivity contribution in [2.45, 2.75) is 27.0 Å². The monoisotopic (exact) mass is 463 g/mol. The molecule has 0 aliphatic carbocycles. The average Bonchev–Trinajstić information content (AvgIpc) is 2.63. The lowest BCUT2D eigenvalue weighted by Crippen LogP contribution is -2.05. The van der Waals surface area contributed by atoms with Gasteiger partial charge in [0.1, 0.15) is 12.4 Å². The Labute approximate surface area is 178 Å². The van der Waals surface area contributed by atoms with Gasteiger partial charge >= 0.3 is 0 Å². The average molecular weight is 465 g/mol. The maximum Gasteiger partial charge on any atom is 0.143 e. The Morgan fingerprint density at radius 3 is 2.44 bits per heavy atom. The lowest BCUT2D eigenvalue weighted by atomic mass is 10.1. The summed E-state index contributed by atoms with van der Waals surface area (Å²) in [6, 6.07) is 17.9. The summed E-state index contributed by atoms with van der Waals surface area (Å²) in [6.45, 7) is 5.16. The predicted molar refractivity (Wildman–Crippen MR) is 118 cm³/mol. The molecular weight excluding hydrogens is 445 g/mol. The van der Waals surface area contributed by atoms with E-state index in [2.05, 4.69) is 53.3 Å². The molecule has 0 bridgehead atoms. The fraction of sp³-hybridized carbons (Fsp3) is 0.182. The summed E-state index contributed by atoms with van der Waals surface area (Å²) in [5.41, 5.74) is 5.47. The van der Waals surface area contributed by atoms with Gasteiger partial charge in [-0.25, -0.2) is 0 Å². The highest BCUT2D eigenvalue weighted by molar-refractivity contribution is 9.10. The van der Waals surface area contributed by atoms with Gasteiger partial charge in [-0.1, -0.05) is 63.4 Å². The van der Waals surface area contributed by atoms with Gasteiger partial charge in [-0.05, 0) is 60.9 Å². The minimum absolute atomic E-state index is 0.436. The molecule has 0 heterocycles. The van der Waals surface area contributed by atoms with E-state index in [9.17, 15) is 0 Å². The van der Waals surface area contributed by atoms with Gasteiger partial charge in [0.15, 0.2) is 0 Å². The quantitative estimate of drug-likeness (QED) is 0.406. The fourth-order valence-corrected chi connectivity index (χ4v) is 3.61. The number of benzene rings is 3. The Hall–Kier alpha value is -1.68. The number of halogens is 3. The van der Waals surface area contributed by atoms with E-state index >= 15 is 0 Å². The topological polar surface area (TPSA) is 21.3 Å². The second kappa shape index (κ2) is 9.01. The van der Waals surface area contributed by atoms with Crippen LogP contribution in [-0.2, 0) is 13.2 Å². The first-order chi connectivity index (χ1) is 12.9. The molecule has 3 aromatic carbocycles. The second-order valence-electron chi connectivity index (χ2n) is 6.46. The highest BCUT2D eigenvalue weighted by atomic mass is 79.9. The van der Waals surface area contributed by atoms with E-state index < -0.39 is 0 Å². The lowest BCUT2D eigenvalue weighted by Gasteiger charge is -2.16. The van der Waals surface area contributed by atoms with E-state index in [0.717, 1.165) is 21.3 Å². The third kappa shape index (κ3) is 5.41. The van der Waals surface area contributed by atoms with Crippen LogP contribution in [-0.4, -0.2) is 0 Å². The summed E-state index contributed by atoms with van der Waals surface area (Å²) in [5, 5.41) is 4.57. The molecule has 0 amide bonds. The number of aryl methyl sites for hydroxylation is 2. The van der Waals surface area contributed by atoms with Gasteiger partial charge in [-0.2, -0.15) is 0 Å². The van der Waals surface area contributed by atoms with Gasteiger partial charge in [0.25, 0.3) is 0 Å². The van der Waals surface area contributed by atoms with Gasteiger partial charge in [-0.3, -0.25) is 0 Å². The number of anilines is 1. The molecular formula is C22H20BrCl2NO. The van der Waals surface area contributed by atoms with Crippen molar-refractivity contribution in [1.29, 1.82) is 0 Å². The standard InChI is InChI=1S/C22H20BrCl2NO/c1-14-3-4-15(2)21(9-14)26-12-17-10-19(24)11-20(25)22(17)27-13-16-5-7-18(23)8-6-16/h3-11,26H,12-13H2,1-2H3. The van der Waals surface area contributed by atoms with E-state index in [-0.39, 0.29) is 0 Å². The van der Waals surface area contributed by atoms with Crippen molar-refractivity contribution in [1.82, 2.24) is 0 Å². The number of nitrogens with one attached hydrogen (secondary N) is 1. The summed E-state index contributed by atoms with van der Waals surface area (Å²) in [7, 11) is 0. The fourth-order valence-electron chi connectivity index (χ4n) is 2.76. The van der Waals surface area contributed by atoms with Crippen molar-refractivity contribution in [3.63, 3.8) is 0 Å². The number of hydrogen-bond donors (Lipinski definition) is 1. The van der Waals surface area contributed by atoms with Crippen molar-refractivity contribution >= 4 is 44.8 Å². The smallest absolute Gasteiger partial charge is 0.143 e. The van der Waals surface area contributed by atoms with Crippen LogP contribution in [0.4, 0.5) is 5.69 Å². The maximum atomic E-state index is 6.42. The molecule has 2 nitrogen and oxygen atoms in total. The van der Waals surface area contributed by atoms with Crippen LogP contribution in [0.5, 0.6) is 5.75 Å². The van der Waals surface area contributed by atoms with Crippen LogP contribution in [0.1, 0.15) is 22.3 Å². The Morgan fingerprint density at radius 2 is 1.70 bits per heavy atom. The Bertz CT molecular complexity index is 942. The number of rotatable bonds is 6. The Morgan fingerprint density at radius 1 is 0.963 bits per heavy atom. The summed E-state index contributed by atoms with van der Waals surface area (Å²) >= 11 is 16.1. The summed E-state index contributed by atoms with van der Waals surface area (Å²) in [5.74, 6) is 0.654. The number of ether oxygens (including phenoxy) is 1. The second-order valence-corrected chi connectivity index (χ2v) is 8.22. The molecule has 27 heavy (non-hydrogen) atoms. The van der Waals surface area contributed by atoms with Gasteiger partial charge in [0.05, 0.1) is 5.02 Å². The minimum atomic E-state index is 0.436. The molecule has 0 fully saturated rings. The van der Waals surface area contributed by atoms with Crippen LogP contribution in [0.2, 0.25) is 10.0 Å². The first-order valence-corrected chi connectivity index (χ1v) is 10.1. The first kappa shape index (κ1) is 20.1. The molecule has 0 atom stereocenters. The van der Waals surface area contributed by atoms with Gasteiger partial charge < -0.3 is 10.1 Å². The summed E-state index contributed by atoms with van der Waals surface area (Å²) < 4.78 is 7.08. The van der Waals surface area contributed by atoms with Crippen molar-refractivity contribution in [2.24, 2.45) is 0 Å². The molecule has 0 aliphatic heterocycles. The molecule has 5 heteroatoms. The zero-order valence-corrected chi connectivity index (χ0v) is 18.3. The van der Waals surface area contributed by atoms with Crippen molar-refractivity contribution in [2.75, 3.05) is 5.32 Å². The van der Waals surface area contributed by atoms with Crippen LogP contribution in [0.3, 0.4) is 0 Å². The molecule has 3 aromatic rings. The molecule has 0 unspecified atom stereocenters. The Kier molecular flexibility index (Phi) is 6.69. The Balaban J connectivity index is 1.79. The van der Waals surface area contributed by atoms with E-state index in [0.29, 0.717) is 28.9 Å². The van der Waals surface area contributed by atoms with E-state index in [1.165, 1.54) is 11.1 Å². The molecule has 0 radical (unpaired) electrons. The van der Waals surface area contributed by atoms with Crippen LogP contribution < -0.4 is 10.1 Å². The number of hydrogen-bond acceptors (Lipinski definition) is 2. The first-order valence-electron chi connectivity index (χ1n) is 8.58. The SMILES string of the molecule is Cc1ccc(C)c(NCc2cc(Cl)cc(Cl)c2OCc2ccc(Br)cc2)c1. The highest BCUT2D eigenvalue weighted by Crippen LogP contribution is 2.34. The summed E-state index contributed by atoms with van der Waals surface area (Å²) in [4.78, 5) is 0. The van der Waals surface area contributed by atoms with Crippen LogP contribution in [0.25, 0.3) is 0 Å². The molecule has 3 rings (SSSR count). The maximum absolute atomic E-state index is 6.42. The van der Waals surface area contributed by atoms with E-state index in [1.54, 1.807) is 6.07 Å². The predicted octanol–water partition coefficient (Wildman–Crippen LogP) is 7.56. The third-order valence-electron chi connectivity index (χ3n) is 4.24. The van der Waals surface area contributed by atoms with Crippen LogP contribution in [0.15, 0.2) is 59.1 Å². The normalized spacial score (nSPS) is 10.7. The third-order valence-corrected chi connectivity index (χ3v) is 5.27. The zero-order chi connectivity index (χ0) is 19.4. The van der Waals surface area contributed by atoms with E-state index in [1.807, 2.05) is 30.3 Å². The molecule has 140 valence electrons. The zero-order valence-electron chi connectivity index (χ0n) is 15.2. The van der Waals surface area contributed by atoms with Crippen molar-refractivity contribution in [3.8, 4) is 5.75 Å². The minimum Gasteiger partial charge on any atom is -0.487 e. The van der Waals surface area contributed by atoms with Crippen LogP contribution >= 0.6 is 39.1 Å². The lowest BCUT2D eigenvalue weighted by molar-refractivity contribution is 0.303. The van der Waals surface area contributed by atoms with Crippen molar-refractivity contribution in [3.05, 3.63) is 91.4 Å². The molecule has 0 aromatic heterocycles. The van der Waals surface area contributed by atoms with Gasteiger partial charge in [0, 0.05) is 27.3 Å². The largest absolute Gasteiger partial charge is 0.487 e. The van der Waals surface area contributed by atoms with E-state index in [4.69, 9.17) is 27.9 Å². The molecule has 0 aliphatic rings. The molecule has 0 spiro atoms.